The number of aromatic nitrogens is 5. The summed E-state index contributed by atoms with van der Waals surface area (Å²) in [5.41, 5.74) is 3.39. The van der Waals surface area contributed by atoms with Crippen LogP contribution in [0.1, 0.15) is 11.3 Å². The maximum atomic E-state index is 12.6. The Morgan fingerprint density at radius 3 is 2.44 bits per heavy atom. The van der Waals surface area contributed by atoms with Crippen molar-refractivity contribution in [1.82, 2.24) is 23.1 Å². The first-order chi connectivity index (χ1) is 12.9. The van der Waals surface area contributed by atoms with Crippen molar-refractivity contribution >= 4 is 22.6 Å². The molecule has 0 aliphatic heterocycles. The van der Waals surface area contributed by atoms with E-state index in [9.17, 15) is 9.59 Å². The predicted octanol–water partition coefficient (Wildman–Crippen LogP) is 1.42. The maximum Gasteiger partial charge on any atom is 0.332 e. The molecule has 140 valence electrons. The highest BCUT2D eigenvalue weighted by atomic mass is 16.2. The van der Waals surface area contributed by atoms with E-state index in [1.807, 2.05) is 17.7 Å². The first-order valence-electron chi connectivity index (χ1n) is 8.83. The summed E-state index contributed by atoms with van der Waals surface area (Å²) in [6.07, 6.45) is 1.89. The molecule has 0 saturated heterocycles. The molecule has 0 unspecified atom stereocenters. The number of fused-ring (bicyclic) bond motifs is 3. The maximum absolute atomic E-state index is 12.6. The summed E-state index contributed by atoms with van der Waals surface area (Å²) in [5, 5.41) is 3.40. The van der Waals surface area contributed by atoms with Crippen LogP contribution in [-0.2, 0) is 20.6 Å². The van der Waals surface area contributed by atoms with Gasteiger partial charge in [0.1, 0.15) is 0 Å². The second-order valence-corrected chi connectivity index (χ2v) is 6.87. The third-order valence-corrected chi connectivity index (χ3v) is 4.97. The van der Waals surface area contributed by atoms with Crippen molar-refractivity contribution in [3.8, 4) is 0 Å². The SMILES string of the molecule is Cc1ccc(NCCn2c(C)cn3c4c(=O)n(C)c(=O)n(C)c4nc23)cc1. The predicted molar refractivity (Wildman–Crippen MR) is 106 cm³/mol. The summed E-state index contributed by atoms with van der Waals surface area (Å²) in [4.78, 5) is 29.3. The number of anilines is 1. The van der Waals surface area contributed by atoms with Gasteiger partial charge in [0, 0.05) is 44.8 Å². The second-order valence-electron chi connectivity index (χ2n) is 6.87. The number of hydrogen-bond donors (Lipinski definition) is 1. The van der Waals surface area contributed by atoms with E-state index in [1.165, 1.54) is 17.2 Å². The quantitative estimate of drug-likeness (QED) is 0.592. The number of nitrogens with one attached hydrogen (secondary N) is 1. The summed E-state index contributed by atoms with van der Waals surface area (Å²) in [5.74, 6) is 0.659. The van der Waals surface area contributed by atoms with Crippen LogP contribution in [-0.4, -0.2) is 29.6 Å². The van der Waals surface area contributed by atoms with Gasteiger partial charge >= 0.3 is 5.69 Å². The lowest BCUT2D eigenvalue weighted by Crippen LogP contribution is -2.37. The number of nitrogens with zero attached hydrogens (tertiary/aromatic N) is 5. The van der Waals surface area contributed by atoms with Crippen molar-refractivity contribution in [3.05, 3.63) is 62.6 Å². The van der Waals surface area contributed by atoms with Gasteiger partial charge in [-0.25, -0.2) is 4.79 Å². The summed E-state index contributed by atoms with van der Waals surface area (Å²) in [6.45, 7) is 5.45. The van der Waals surface area contributed by atoms with Crippen molar-refractivity contribution in [1.29, 1.82) is 0 Å². The number of aryl methyl sites for hydroxylation is 3. The first-order valence-corrected chi connectivity index (χ1v) is 8.83. The summed E-state index contributed by atoms with van der Waals surface area (Å²) >= 11 is 0. The van der Waals surface area contributed by atoms with Crippen LogP contribution in [0.15, 0.2) is 40.1 Å². The van der Waals surface area contributed by atoms with Gasteiger partial charge in [0.15, 0.2) is 11.2 Å². The average molecular weight is 366 g/mol. The van der Waals surface area contributed by atoms with E-state index >= 15 is 0 Å². The van der Waals surface area contributed by atoms with Crippen molar-refractivity contribution in [3.63, 3.8) is 0 Å². The number of imidazole rings is 2. The molecular weight excluding hydrogens is 344 g/mol. The molecule has 8 heteroatoms. The molecule has 0 fully saturated rings. The molecule has 3 aromatic heterocycles. The van der Waals surface area contributed by atoms with Crippen LogP contribution in [0.2, 0.25) is 0 Å². The van der Waals surface area contributed by atoms with Crippen LogP contribution in [0.5, 0.6) is 0 Å². The molecular formula is C19H22N6O2. The largest absolute Gasteiger partial charge is 0.383 e. The fourth-order valence-corrected chi connectivity index (χ4v) is 3.39. The molecule has 0 aliphatic carbocycles. The average Bonchev–Trinajstić information content (AvgIpc) is 3.16. The summed E-state index contributed by atoms with van der Waals surface area (Å²) in [6, 6.07) is 8.24. The highest BCUT2D eigenvalue weighted by Crippen LogP contribution is 2.16. The monoisotopic (exact) mass is 366 g/mol. The number of rotatable bonds is 4. The highest BCUT2D eigenvalue weighted by Gasteiger charge is 2.18. The minimum Gasteiger partial charge on any atom is -0.383 e. The molecule has 27 heavy (non-hydrogen) atoms. The van der Waals surface area contributed by atoms with Gasteiger partial charge in [-0.3, -0.25) is 18.3 Å². The lowest BCUT2D eigenvalue weighted by molar-refractivity contribution is 0.706. The Morgan fingerprint density at radius 1 is 1.04 bits per heavy atom. The van der Waals surface area contributed by atoms with Crippen LogP contribution in [0.25, 0.3) is 16.9 Å². The van der Waals surface area contributed by atoms with E-state index in [2.05, 4.69) is 41.5 Å². The van der Waals surface area contributed by atoms with Gasteiger partial charge in [-0.1, -0.05) is 17.7 Å². The number of benzene rings is 1. The summed E-state index contributed by atoms with van der Waals surface area (Å²) in [7, 11) is 3.12. The Balaban J connectivity index is 1.73. The van der Waals surface area contributed by atoms with Gasteiger partial charge in [0.25, 0.3) is 5.56 Å². The van der Waals surface area contributed by atoms with Gasteiger partial charge in [-0.05, 0) is 26.0 Å². The van der Waals surface area contributed by atoms with Crippen LogP contribution in [0, 0.1) is 13.8 Å². The molecule has 0 bridgehead atoms. The van der Waals surface area contributed by atoms with Crippen LogP contribution >= 0.6 is 0 Å². The third kappa shape index (κ3) is 2.64. The standard InChI is InChI=1S/C19H22N6O2/c1-12-5-7-14(8-6-12)20-9-10-24-13(2)11-25-15-16(21-18(24)25)22(3)19(27)23(4)17(15)26/h5-8,11,20H,9-10H2,1-4H3. The molecule has 0 spiro atoms. The Kier molecular flexibility index (Phi) is 3.91. The van der Waals surface area contributed by atoms with E-state index in [0.29, 0.717) is 30.0 Å². The molecule has 0 aliphatic rings. The molecule has 0 atom stereocenters. The van der Waals surface area contributed by atoms with Gasteiger partial charge < -0.3 is 9.88 Å². The normalized spacial score (nSPS) is 11.6. The van der Waals surface area contributed by atoms with Gasteiger partial charge in [0.05, 0.1) is 0 Å². The van der Waals surface area contributed by atoms with E-state index in [1.54, 1.807) is 11.4 Å². The van der Waals surface area contributed by atoms with E-state index in [-0.39, 0.29) is 11.2 Å². The molecule has 8 nitrogen and oxygen atoms in total. The first kappa shape index (κ1) is 17.1. The van der Waals surface area contributed by atoms with Crippen molar-refractivity contribution in [2.45, 2.75) is 20.4 Å². The van der Waals surface area contributed by atoms with Crippen LogP contribution in [0.3, 0.4) is 0 Å². The second kappa shape index (κ2) is 6.15. The smallest absolute Gasteiger partial charge is 0.332 e. The fraction of sp³-hybridized carbons (Fsp3) is 0.316. The number of hydrogen-bond acceptors (Lipinski definition) is 4. The minimum absolute atomic E-state index is 0.337. The van der Waals surface area contributed by atoms with E-state index in [0.717, 1.165) is 15.9 Å². The van der Waals surface area contributed by atoms with E-state index in [4.69, 9.17) is 0 Å². The Hall–Kier alpha value is -3.29. The molecule has 1 N–H and O–H groups in total. The van der Waals surface area contributed by atoms with Gasteiger partial charge in [-0.2, -0.15) is 4.98 Å². The lowest BCUT2D eigenvalue weighted by Gasteiger charge is -2.09. The minimum atomic E-state index is -0.377. The molecule has 4 rings (SSSR count). The van der Waals surface area contributed by atoms with Crippen LogP contribution in [0.4, 0.5) is 5.69 Å². The Bertz CT molecular complexity index is 1270. The molecule has 0 amide bonds. The van der Waals surface area contributed by atoms with Crippen molar-refractivity contribution in [2.75, 3.05) is 11.9 Å². The zero-order chi connectivity index (χ0) is 19.3. The summed E-state index contributed by atoms with van der Waals surface area (Å²) < 4.78 is 6.35. The third-order valence-electron chi connectivity index (χ3n) is 4.97. The van der Waals surface area contributed by atoms with E-state index < -0.39 is 0 Å². The van der Waals surface area contributed by atoms with Crippen molar-refractivity contribution < 1.29 is 0 Å². The Morgan fingerprint density at radius 2 is 1.74 bits per heavy atom. The fourth-order valence-electron chi connectivity index (χ4n) is 3.39. The molecule has 0 radical (unpaired) electrons. The van der Waals surface area contributed by atoms with Gasteiger partial charge in [0.2, 0.25) is 5.78 Å². The molecule has 3 heterocycles. The zero-order valence-corrected chi connectivity index (χ0v) is 15.9. The van der Waals surface area contributed by atoms with Crippen molar-refractivity contribution in [2.24, 2.45) is 14.1 Å². The molecule has 0 saturated carbocycles. The lowest BCUT2D eigenvalue weighted by atomic mass is 10.2. The van der Waals surface area contributed by atoms with Gasteiger partial charge in [-0.15, -0.1) is 0 Å². The molecule has 4 aromatic rings. The topological polar surface area (TPSA) is 78.3 Å². The van der Waals surface area contributed by atoms with Crippen LogP contribution < -0.4 is 16.6 Å². The Labute approximate surface area is 155 Å². The highest BCUT2D eigenvalue weighted by molar-refractivity contribution is 5.75. The zero-order valence-electron chi connectivity index (χ0n) is 15.9. The molecule has 1 aromatic carbocycles.